The number of nitrogens with zero attached hydrogens (tertiary/aromatic N) is 2. The van der Waals surface area contributed by atoms with E-state index < -0.39 is 26.9 Å². The van der Waals surface area contributed by atoms with E-state index in [1.54, 1.807) is 42.5 Å². The molecular weight excluding hydrogens is 572 g/mol. The fourth-order valence-corrected chi connectivity index (χ4v) is 5.35. The molecule has 0 heterocycles. The molecule has 1 atom stereocenters. The molecule has 4 rings (SSSR count). The molecule has 0 bridgehead atoms. The number of ether oxygens (including phenoxy) is 2. The largest absolute Gasteiger partial charge is 0.493 e. The van der Waals surface area contributed by atoms with Gasteiger partial charge in [-0.05, 0) is 36.2 Å². The van der Waals surface area contributed by atoms with E-state index in [1.165, 1.54) is 31.4 Å². The van der Waals surface area contributed by atoms with E-state index >= 15 is 0 Å². The number of amides is 1. The first kappa shape index (κ1) is 30.9. The highest BCUT2D eigenvalue weighted by molar-refractivity contribution is 7.89. The second kappa shape index (κ2) is 14.2. The van der Waals surface area contributed by atoms with Crippen molar-refractivity contribution in [1.29, 1.82) is 0 Å². The van der Waals surface area contributed by atoms with Crippen molar-refractivity contribution in [2.24, 2.45) is 5.10 Å². The topological polar surface area (TPSA) is 149 Å². The Balaban J connectivity index is 1.49. The number of hydrogen-bond acceptors (Lipinski definition) is 8. The smallest absolute Gasteiger partial charge is 0.282 e. The molecule has 12 heteroatoms. The number of nitro benzene ring substituents is 1. The summed E-state index contributed by atoms with van der Waals surface area (Å²) in [4.78, 5) is 24.1. The van der Waals surface area contributed by atoms with Gasteiger partial charge >= 0.3 is 0 Å². The first-order valence-electron chi connectivity index (χ1n) is 13.2. The van der Waals surface area contributed by atoms with E-state index in [0.717, 1.165) is 17.3 Å². The van der Waals surface area contributed by atoms with Crippen LogP contribution in [0.5, 0.6) is 11.5 Å². The summed E-state index contributed by atoms with van der Waals surface area (Å²) in [6, 6.07) is 26.0. The Kier molecular flexibility index (Phi) is 10.2. The van der Waals surface area contributed by atoms with E-state index in [1.807, 2.05) is 37.3 Å². The van der Waals surface area contributed by atoms with Crippen LogP contribution in [0.25, 0.3) is 0 Å². The summed E-state index contributed by atoms with van der Waals surface area (Å²) in [7, 11) is -2.55. The second-order valence-corrected chi connectivity index (χ2v) is 11.2. The summed E-state index contributed by atoms with van der Waals surface area (Å²) in [5, 5.41) is 15.7. The molecule has 43 heavy (non-hydrogen) atoms. The van der Waals surface area contributed by atoms with Crippen molar-refractivity contribution in [2.75, 3.05) is 7.11 Å². The Bertz CT molecular complexity index is 1700. The van der Waals surface area contributed by atoms with Crippen LogP contribution in [0, 0.1) is 17.0 Å². The van der Waals surface area contributed by atoms with E-state index in [0.29, 0.717) is 5.56 Å². The van der Waals surface area contributed by atoms with Crippen LogP contribution in [0.4, 0.5) is 5.69 Å². The van der Waals surface area contributed by atoms with Gasteiger partial charge in [0.2, 0.25) is 15.9 Å². The molecule has 1 amide bonds. The second-order valence-electron chi connectivity index (χ2n) is 9.49. The number of benzene rings is 4. The van der Waals surface area contributed by atoms with Gasteiger partial charge in [0.05, 0.1) is 40.8 Å². The van der Waals surface area contributed by atoms with Crippen molar-refractivity contribution < 1.29 is 27.6 Å². The predicted octanol–water partition coefficient (Wildman–Crippen LogP) is 5.05. The highest BCUT2D eigenvalue weighted by atomic mass is 32.2. The minimum atomic E-state index is -3.95. The van der Waals surface area contributed by atoms with Crippen LogP contribution in [0.3, 0.4) is 0 Å². The minimum absolute atomic E-state index is 0.0638. The van der Waals surface area contributed by atoms with E-state index in [9.17, 15) is 23.3 Å². The van der Waals surface area contributed by atoms with Crippen LogP contribution in [0.1, 0.15) is 34.7 Å². The average molecular weight is 603 g/mol. The third-order valence-corrected chi connectivity index (χ3v) is 7.85. The number of hydrazone groups is 1. The van der Waals surface area contributed by atoms with Crippen molar-refractivity contribution in [3.8, 4) is 11.5 Å². The Labute approximate surface area is 249 Å². The van der Waals surface area contributed by atoms with E-state index in [2.05, 4.69) is 15.2 Å². The van der Waals surface area contributed by atoms with Crippen molar-refractivity contribution in [1.82, 2.24) is 10.1 Å². The van der Waals surface area contributed by atoms with Gasteiger partial charge < -0.3 is 9.47 Å². The molecule has 0 aliphatic heterocycles. The Morgan fingerprint density at radius 1 is 0.977 bits per heavy atom. The zero-order valence-corrected chi connectivity index (χ0v) is 24.3. The SMILES string of the molecule is COc1cc(/C=N\NC(=O)C[C@H](NS(=O)(=O)c2ccc(C)cc2)c2ccccc2)c([N+](=O)[O-])cc1OCc1ccccc1. The van der Waals surface area contributed by atoms with Crippen LogP contribution in [0.2, 0.25) is 0 Å². The zero-order chi connectivity index (χ0) is 30.8. The highest BCUT2D eigenvalue weighted by Gasteiger charge is 2.24. The number of sulfonamides is 1. The molecule has 11 nitrogen and oxygen atoms in total. The lowest BCUT2D eigenvalue weighted by Gasteiger charge is -2.18. The number of aryl methyl sites for hydroxylation is 1. The molecule has 0 fully saturated rings. The van der Waals surface area contributed by atoms with Gasteiger partial charge in [-0.15, -0.1) is 0 Å². The maximum absolute atomic E-state index is 13.1. The molecule has 0 aliphatic rings. The zero-order valence-electron chi connectivity index (χ0n) is 23.5. The van der Waals surface area contributed by atoms with Gasteiger partial charge in [0.15, 0.2) is 11.5 Å². The number of carbonyl (C=O) groups excluding carboxylic acids is 1. The maximum Gasteiger partial charge on any atom is 0.282 e. The maximum atomic E-state index is 13.1. The monoisotopic (exact) mass is 602 g/mol. The lowest BCUT2D eigenvalue weighted by molar-refractivity contribution is -0.385. The summed E-state index contributed by atoms with van der Waals surface area (Å²) < 4.78 is 39.9. The number of nitrogens with one attached hydrogen (secondary N) is 2. The molecule has 222 valence electrons. The van der Waals surface area contributed by atoms with Gasteiger partial charge in [-0.25, -0.2) is 18.6 Å². The number of methoxy groups -OCH3 is 1. The molecule has 4 aromatic rings. The fourth-order valence-electron chi connectivity index (χ4n) is 4.12. The summed E-state index contributed by atoms with van der Waals surface area (Å²) in [6.45, 7) is 2.02. The van der Waals surface area contributed by atoms with Gasteiger partial charge in [0.1, 0.15) is 6.61 Å². The quantitative estimate of drug-likeness (QED) is 0.124. The normalized spacial score (nSPS) is 12.0. The minimum Gasteiger partial charge on any atom is -0.493 e. The van der Waals surface area contributed by atoms with E-state index in [-0.39, 0.29) is 40.7 Å². The first-order chi connectivity index (χ1) is 20.7. The Hall–Kier alpha value is -5.07. The van der Waals surface area contributed by atoms with Crippen LogP contribution in [-0.4, -0.2) is 32.6 Å². The number of hydrogen-bond donors (Lipinski definition) is 2. The third-order valence-electron chi connectivity index (χ3n) is 6.36. The summed E-state index contributed by atoms with van der Waals surface area (Å²) in [6.07, 6.45) is 0.831. The number of nitro groups is 1. The molecule has 0 saturated heterocycles. The summed E-state index contributed by atoms with van der Waals surface area (Å²) in [5.41, 5.74) is 4.43. The first-order valence-corrected chi connectivity index (χ1v) is 14.6. The molecule has 0 aromatic heterocycles. The number of carbonyl (C=O) groups is 1. The molecule has 0 unspecified atom stereocenters. The van der Waals surface area contributed by atoms with Crippen LogP contribution in [-0.2, 0) is 21.4 Å². The Morgan fingerprint density at radius 3 is 2.26 bits per heavy atom. The molecular formula is C31H30N4O7S. The van der Waals surface area contributed by atoms with Gasteiger partial charge in [0, 0.05) is 6.42 Å². The summed E-state index contributed by atoms with van der Waals surface area (Å²) >= 11 is 0. The molecule has 0 radical (unpaired) electrons. The van der Waals surface area contributed by atoms with Crippen molar-refractivity contribution in [3.05, 3.63) is 129 Å². The fraction of sp³-hybridized carbons (Fsp3) is 0.161. The standard InChI is InChI=1S/C31H30N4O7S/c1-22-13-15-26(16-14-22)43(39,40)34-27(24-11-7-4-8-12-24)18-31(36)33-32-20-25-17-29(41-2)30(19-28(25)35(37)38)42-21-23-9-5-3-6-10-23/h3-17,19-20,27,34H,18,21H2,1-2H3,(H,33,36)/b32-20-/t27-/m0/s1. The van der Waals surface area contributed by atoms with E-state index in [4.69, 9.17) is 9.47 Å². The average Bonchev–Trinajstić information content (AvgIpc) is 3.00. The number of rotatable bonds is 13. The van der Waals surface area contributed by atoms with Gasteiger partial charge in [-0.3, -0.25) is 14.9 Å². The molecule has 4 aromatic carbocycles. The van der Waals surface area contributed by atoms with Crippen LogP contribution < -0.4 is 19.6 Å². The van der Waals surface area contributed by atoms with Crippen molar-refractivity contribution in [2.45, 2.75) is 30.9 Å². The molecule has 2 N–H and O–H groups in total. The molecule has 0 aliphatic carbocycles. The highest BCUT2D eigenvalue weighted by Crippen LogP contribution is 2.34. The van der Waals surface area contributed by atoms with Crippen molar-refractivity contribution >= 4 is 27.8 Å². The lowest BCUT2D eigenvalue weighted by Crippen LogP contribution is -2.32. The van der Waals surface area contributed by atoms with Crippen LogP contribution in [0.15, 0.2) is 107 Å². The summed E-state index contributed by atoms with van der Waals surface area (Å²) in [5.74, 6) is -0.205. The third kappa shape index (κ3) is 8.47. The lowest BCUT2D eigenvalue weighted by atomic mass is 10.0. The van der Waals surface area contributed by atoms with Crippen molar-refractivity contribution in [3.63, 3.8) is 0 Å². The predicted molar refractivity (Wildman–Crippen MR) is 161 cm³/mol. The van der Waals surface area contributed by atoms with Gasteiger partial charge in [-0.2, -0.15) is 5.10 Å². The van der Waals surface area contributed by atoms with Crippen LogP contribution >= 0.6 is 0 Å². The Morgan fingerprint density at radius 2 is 1.63 bits per heavy atom. The van der Waals surface area contributed by atoms with Gasteiger partial charge in [-0.1, -0.05) is 78.4 Å². The van der Waals surface area contributed by atoms with Gasteiger partial charge in [0.25, 0.3) is 5.69 Å². The molecule has 0 saturated carbocycles. The molecule has 0 spiro atoms.